The summed E-state index contributed by atoms with van der Waals surface area (Å²) in [6.45, 7) is 0.319. The fourth-order valence-electron chi connectivity index (χ4n) is 3.18. The van der Waals surface area contributed by atoms with Crippen molar-refractivity contribution in [2.24, 2.45) is 0 Å². The van der Waals surface area contributed by atoms with Crippen LogP contribution in [0.4, 0.5) is 10.1 Å². The van der Waals surface area contributed by atoms with Crippen molar-refractivity contribution >= 4 is 22.8 Å². The summed E-state index contributed by atoms with van der Waals surface area (Å²) in [6, 6.07) is 19.6. The maximum absolute atomic E-state index is 12.8. The van der Waals surface area contributed by atoms with Crippen molar-refractivity contribution in [2.45, 2.75) is 13.2 Å². The second kappa shape index (κ2) is 7.41. The van der Waals surface area contributed by atoms with E-state index in [2.05, 4.69) is 29.2 Å². The molecule has 136 valence electrons. The van der Waals surface area contributed by atoms with Crippen molar-refractivity contribution in [3.63, 3.8) is 0 Å². The van der Waals surface area contributed by atoms with Gasteiger partial charge in [-0.3, -0.25) is 0 Å². The molecule has 0 atom stereocenters. The van der Waals surface area contributed by atoms with Crippen molar-refractivity contribution in [3.05, 3.63) is 89.2 Å². The van der Waals surface area contributed by atoms with Gasteiger partial charge in [0.2, 0.25) is 0 Å². The second-order valence-corrected chi connectivity index (χ2v) is 7.02. The van der Waals surface area contributed by atoms with Gasteiger partial charge in [0.1, 0.15) is 6.67 Å². The van der Waals surface area contributed by atoms with Crippen molar-refractivity contribution in [1.29, 1.82) is 0 Å². The van der Waals surface area contributed by atoms with E-state index >= 15 is 0 Å². The average Bonchev–Trinajstić information content (AvgIpc) is 3.12. The lowest BCUT2D eigenvalue weighted by atomic mass is 10.0. The lowest BCUT2D eigenvalue weighted by molar-refractivity contribution is 0.485. The van der Waals surface area contributed by atoms with Gasteiger partial charge in [-0.05, 0) is 53.1 Å². The summed E-state index contributed by atoms with van der Waals surface area (Å²) in [5.41, 5.74) is 6.07. The average molecular weight is 380 g/mol. The minimum Gasteiger partial charge on any atom is -0.370 e. The smallest absolute Gasteiger partial charge is 0.115 e. The molecule has 2 aromatic heterocycles. The Bertz CT molecular complexity index is 1060. The quantitative estimate of drug-likeness (QED) is 0.439. The summed E-state index contributed by atoms with van der Waals surface area (Å²) < 4.78 is 14.6. The molecule has 5 heteroatoms. The second-order valence-electron chi connectivity index (χ2n) is 6.59. The largest absolute Gasteiger partial charge is 0.370 e. The third-order valence-corrected chi connectivity index (χ3v) is 4.94. The molecule has 2 aromatic carbocycles. The highest BCUT2D eigenvalue weighted by Crippen LogP contribution is 2.26. The number of alkyl halides is 1. The Morgan fingerprint density at radius 3 is 2.44 bits per heavy atom. The Hall–Kier alpha value is -2.85. The molecule has 0 unspecified atom stereocenters. The molecular formula is C22H19ClFN3. The summed E-state index contributed by atoms with van der Waals surface area (Å²) in [7, 11) is 2.06. The topological polar surface area (TPSA) is 20.5 Å². The Labute approximate surface area is 162 Å². The van der Waals surface area contributed by atoms with Crippen LogP contribution in [0.2, 0.25) is 5.02 Å². The standard InChI is InChI=1S/C22H19ClFN3/c1-26(20-8-6-19(23)7-9-20)15-17-10-11-27-22(12-17)21(14-25-27)18-4-2-16(13-24)3-5-18/h2-12,14H,13,15H2,1H3. The molecule has 0 aliphatic carbocycles. The predicted octanol–water partition coefficient (Wildman–Crippen LogP) is 5.76. The molecular weight excluding hydrogens is 361 g/mol. The zero-order chi connectivity index (χ0) is 18.8. The van der Waals surface area contributed by atoms with E-state index in [1.807, 2.05) is 65.4 Å². The summed E-state index contributed by atoms with van der Waals surface area (Å²) in [4.78, 5) is 2.17. The third kappa shape index (κ3) is 3.67. The van der Waals surface area contributed by atoms with Gasteiger partial charge in [0.05, 0.1) is 11.7 Å². The summed E-state index contributed by atoms with van der Waals surface area (Å²) in [6.07, 6.45) is 3.83. The van der Waals surface area contributed by atoms with Gasteiger partial charge in [-0.15, -0.1) is 0 Å². The molecule has 0 saturated heterocycles. The molecule has 0 aliphatic heterocycles. The van der Waals surface area contributed by atoms with Crippen LogP contribution in [0.5, 0.6) is 0 Å². The number of hydrogen-bond donors (Lipinski definition) is 0. The lowest BCUT2D eigenvalue weighted by Gasteiger charge is -2.19. The number of anilines is 1. The fourth-order valence-corrected chi connectivity index (χ4v) is 3.31. The first-order valence-electron chi connectivity index (χ1n) is 8.72. The molecule has 0 fully saturated rings. The molecule has 0 spiro atoms. The number of halogens is 2. The van der Waals surface area contributed by atoms with Crippen LogP contribution < -0.4 is 4.90 Å². The number of aromatic nitrogens is 2. The molecule has 0 bridgehead atoms. The van der Waals surface area contributed by atoms with E-state index < -0.39 is 6.67 Å². The first-order chi connectivity index (χ1) is 13.1. The minimum atomic E-state index is -0.448. The van der Waals surface area contributed by atoms with E-state index in [0.29, 0.717) is 5.56 Å². The maximum Gasteiger partial charge on any atom is 0.115 e. The van der Waals surface area contributed by atoms with E-state index in [0.717, 1.165) is 33.9 Å². The SMILES string of the molecule is CN(Cc1ccn2ncc(-c3ccc(CF)cc3)c2c1)c1ccc(Cl)cc1. The number of benzene rings is 2. The van der Waals surface area contributed by atoms with E-state index in [9.17, 15) is 4.39 Å². The van der Waals surface area contributed by atoms with Gasteiger partial charge in [-0.25, -0.2) is 8.91 Å². The Kier molecular flexibility index (Phi) is 4.82. The number of nitrogens with zero attached hydrogens (tertiary/aromatic N) is 3. The first kappa shape index (κ1) is 17.6. The molecule has 2 heterocycles. The molecule has 4 rings (SSSR count). The highest BCUT2D eigenvalue weighted by Gasteiger charge is 2.09. The predicted molar refractivity (Wildman–Crippen MR) is 109 cm³/mol. The van der Waals surface area contributed by atoms with Gasteiger partial charge in [-0.2, -0.15) is 5.10 Å². The van der Waals surface area contributed by atoms with Gasteiger partial charge >= 0.3 is 0 Å². The molecule has 0 saturated carbocycles. The van der Waals surface area contributed by atoms with Gasteiger partial charge in [0, 0.05) is 36.1 Å². The normalized spacial score (nSPS) is 11.1. The minimum absolute atomic E-state index is 0.448. The highest BCUT2D eigenvalue weighted by molar-refractivity contribution is 6.30. The zero-order valence-electron chi connectivity index (χ0n) is 14.9. The Morgan fingerprint density at radius 1 is 1.00 bits per heavy atom. The van der Waals surface area contributed by atoms with Crippen LogP contribution in [-0.4, -0.2) is 16.7 Å². The summed E-state index contributed by atoms with van der Waals surface area (Å²) >= 11 is 5.98. The summed E-state index contributed by atoms with van der Waals surface area (Å²) in [5, 5.41) is 5.17. The number of hydrogen-bond acceptors (Lipinski definition) is 2. The fraction of sp³-hybridized carbons (Fsp3) is 0.136. The zero-order valence-corrected chi connectivity index (χ0v) is 15.7. The molecule has 3 nitrogen and oxygen atoms in total. The Balaban J connectivity index is 1.64. The van der Waals surface area contributed by atoms with E-state index in [1.165, 1.54) is 5.56 Å². The van der Waals surface area contributed by atoms with Crippen LogP contribution in [0.1, 0.15) is 11.1 Å². The van der Waals surface area contributed by atoms with E-state index in [-0.39, 0.29) is 0 Å². The van der Waals surface area contributed by atoms with Crippen LogP contribution in [0.3, 0.4) is 0 Å². The van der Waals surface area contributed by atoms with Crippen molar-refractivity contribution in [2.75, 3.05) is 11.9 Å². The van der Waals surface area contributed by atoms with Crippen LogP contribution in [0.25, 0.3) is 16.6 Å². The molecule has 0 aliphatic rings. The lowest BCUT2D eigenvalue weighted by Crippen LogP contribution is -2.16. The molecule has 0 radical (unpaired) electrons. The summed E-state index contributed by atoms with van der Waals surface area (Å²) in [5.74, 6) is 0. The molecule has 0 N–H and O–H groups in total. The number of fused-ring (bicyclic) bond motifs is 1. The van der Waals surface area contributed by atoms with Crippen LogP contribution >= 0.6 is 11.6 Å². The van der Waals surface area contributed by atoms with Crippen LogP contribution in [0.15, 0.2) is 73.1 Å². The van der Waals surface area contributed by atoms with Crippen molar-refractivity contribution in [3.8, 4) is 11.1 Å². The van der Waals surface area contributed by atoms with Crippen LogP contribution in [0, 0.1) is 0 Å². The number of rotatable bonds is 5. The number of pyridine rings is 1. The van der Waals surface area contributed by atoms with E-state index in [1.54, 1.807) is 0 Å². The van der Waals surface area contributed by atoms with Crippen molar-refractivity contribution < 1.29 is 4.39 Å². The van der Waals surface area contributed by atoms with Gasteiger partial charge in [-0.1, -0.05) is 35.9 Å². The molecule has 27 heavy (non-hydrogen) atoms. The van der Waals surface area contributed by atoms with Gasteiger partial charge < -0.3 is 4.90 Å². The van der Waals surface area contributed by atoms with Gasteiger partial charge in [0.15, 0.2) is 0 Å². The third-order valence-electron chi connectivity index (χ3n) is 4.69. The van der Waals surface area contributed by atoms with Crippen LogP contribution in [-0.2, 0) is 13.2 Å². The first-order valence-corrected chi connectivity index (χ1v) is 9.10. The van der Waals surface area contributed by atoms with Crippen molar-refractivity contribution in [1.82, 2.24) is 9.61 Å². The molecule has 4 aromatic rings. The Morgan fingerprint density at radius 2 is 1.74 bits per heavy atom. The highest BCUT2D eigenvalue weighted by atomic mass is 35.5. The monoisotopic (exact) mass is 379 g/mol. The van der Waals surface area contributed by atoms with E-state index in [4.69, 9.17) is 11.6 Å². The van der Waals surface area contributed by atoms with Gasteiger partial charge in [0.25, 0.3) is 0 Å². The maximum atomic E-state index is 12.8. The molecule has 0 amide bonds.